The normalized spacial score (nSPS) is 20.3. The van der Waals surface area contributed by atoms with Gasteiger partial charge in [0.1, 0.15) is 36.3 Å². The molecule has 1 aliphatic rings. The molecule has 0 spiro atoms. The number of unbranched alkanes of at least 4 members (excludes halogenated alkanes) is 1. The summed E-state index contributed by atoms with van der Waals surface area (Å²) in [5.41, 5.74) is 8.18. The molecule has 14 N–H and O–H groups in total. The third kappa shape index (κ3) is 17.4. The van der Waals surface area contributed by atoms with Crippen molar-refractivity contribution >= 4 is 74.9 Å². The van der Waals surface area contributed by atoms with Crippen LogP contribution in [0.3, 0.4) is 0 Å². The van der Waals surface area contributed by atoms with E-state index >= 15 is 0 Å². The molecule has 3 aromatic carbocycles. The second kappa shape index (κ2) is 28.2. The largest absolute Gasteiger partial charge is 0.370 e. The molecule has 75 heavy (non-hydrogen) atoms. The van der Waals surface area contributed by atoms with Crippen molar-refractivity contribution in [2.45, 2.75) is 127 Å². The van der Waals surface area contributed by atoms with Crippen LogP contribution in [0.5, 0.6) is 0 Å². The molecule has 3 heterocycles. The smallest absolute Gasteiger partial charge is 0.243 e. The highest BCUT2D eigenvalue weighted by Gasteiger charge is 2.34. The number of para-hydroxylation sites is 1. The van der Waals surface area contributed by atoms with Gasteiger partial charge in [-0.1, -0.05) is 80.4 Å². The number of imidazole rings is 1. The first-order chi connectivity index (χ1) is 36.2. The summed E-state index contributed by atoms with van der Waals surface area (Å²) in [4.78, 5) is 122. The minimum absolute atomic E-state index is 0.0217. The number of nitrogens with two attached hydrogens (primary N) is 1. The highest BCUT2D eigenvalue weighted by atomic mass is 16.2. The lowest BCUT2D eigenvalue weighted by atomic mass is 9.99. The van der Waals surface area contributed by atoms with Gasteiger partial charge in [-0.2, -0.15) is 0 Å². The van der Waals surface area contributed by atoms with Gasteiger partial charge in [0.05, 0.1) is 12.0 Å². The second-order valence-corrected chi connectivity index (χ2v) is 18.8. The van der Waals surface area contributed by atoms with E-state index in [1.807, 2.05) is 73.7 Å². The molecule has 1 fully saturated rings. The fourth-order valence-electron chi connectivity index (χ4n) is 8.89. The Kier molecular flexibility index (Phi) is 21.1. The lowest BCUT2D eigenvalue weighted by molar-refractivity contribution is -0.135. The van der Waals surface area contributed by atoms with Crippen LogP contribution in [-0.4, -0.2) is 124 Å². The van der Waals surface area contributed by atoms with Gasteiger partial charge in [0.25, 0.3) is 0 Å². The highest BCUT2D eigenvalue weighted by Crippen LogP contribution is 2.21. The number of fused-ring (bicyclic) bond motifs is 2. The van der Waals surface area contributed by atoms with Crippen LogP contribution in [0.1, 0.15) is 88.5 Å². The first-order valence-corrected chi connectivity index (χ1v) is 25.6. The van der Waals surface area contributed by atoms with Crippen molar-refractivity contribution < 1.29 is 38.4 Å². The Balaban J connectivity index is 1.36. The van der Waals surface area contributed by atoms with Gasteiger partial charge in [-0.25, -0.2) is 4.98 Å². The Bertz CT molecular complexity index is 2780. The topological polar surface area (TPSA) is 339 Å². The van der Waals surface area contributed by atoms with Gasteiger partial charge in [0, 0.05) is 75.5 Å². The second-order valence-electron chi connectivity index (χ2n) is 18.8. The van der Waals surface area contributed by atoms with Crippen LogP contribution in [0, 0.1) is 5.41 Å². The van der Waals surface area contributed by atoms with Gasteiger partial charge in [-0.15, -0.1) is 0 Å². The van der Waals surface area contributed by atoms with Crippen LogP contribution < -0.4 is 53.6 Å². The number of aromatic nitrogens is 3. The number of guanidine groups is 1. The number of nitrogens with one attached hydrogen (secondary N) is 12. The van der Waals surface area contributed by atoms with Crippen molar-refractivity contribution in [3.05, 3.63) is 102 Å². The summed E-state index contributed by atoms with van der Waals surface area (Å²) in [6.45, 7) is 3.80. The van der Waals surface area contributed by atoms with E-state index in [4.69, 9.17) is 11.1 Å². The van der Waals surface area contributed by atoms with Crippen molar-refractivity contribution in [2.75, 3.05) is 19.6 Å². The number of hydrogen-bond donors (Lipinski definition) is 13. The van der Waals surface area contributed by atoms with Crippen LogP contribution in [0.4, 0.5) is 0 Å². The minimum atomic E-state index is -1.41. The van der Waals surface area contributed by atoms with E-state index in [1.54, 1.807) is 6.20 Å². The average molecular weight is 1030 g/mol. The lowest BCUT2D eigenvalue weighted by Crippen LogP contribution is -2.60. The zero-order valence-electron chi connectivity index (χ0n) is 42.4. The standard InChI is InChI=1S/C53H70N14O8/c1-3-4-15-40(62-32(2)68)48(71)64-42-20-21-46(69)57-22-9-10-23-58-47(70)44(27-36-29-60-39-16-8-7-14-38(36)39)66-49(72)41(17-11-24-59-53(54)55)63-51(74)43(26-33-18-19-34-12-5-6-13-35(34)25-33)65-52(75)45(67-50(42)73)28-37-30-56-31-61-37/h5-8,12-14,16,18-19,25,29-31,40-45,60H,3-4,9-11,15,17,20-24,26-28H2,1-2H3,(H,56,61)(H,57,69)(H,58,70)(H,62,68)(H,63,74)(H,64,71)(H,65,75)(H,66,72)(H,67,73)(H4,54,55,59)/t40-,41-,42-,43+,44+,45-/m0/s1. The maximum atomic E-state index is 14.9. The fraction of sp³-hybridized carbons (Fsp3) is 0.434. The van der Waals surface area contributed by atoms with E-state index in [0.717, 1.165) is 33.7 Å². The van der Waals surface area contributed by atoms with Crippen molar-refractivity contribution in [2.24, 2.45) is 5.73 Å². The minimum Gasteiger partial charge on any atom is -0.370 e. The molecule has 0 unspecified atom stereocenters. The quantitative estimate of drug-likeness (QED) is 0.0379. The molecule has 0 radical (unpaired) electrons. The van der Waals surface area contributed by atoms with Crippen LogP contribution in [-0.2, 0) is 57.6 Å². The SMILES string of the molecule is CCCC[C@H](NC(C)=O)C(=O)N[C@H]1CCC(=O)NCCCCNC(=O)[C@@H](Cc2c[nH]c3ccccc23)NC(=O)[C@H](CCCNC(=N)N)NC(=O)[C@@H](Cc2ccc3ccccc3c2)NC(=O)[C@H](Cc2c[nH]cn2)NC1=O. The van der Waals surface area contributed by atoms with E-state index in [1.165, 1.54) is 19.4 Å². The van der Waals surface area contributed by atoms with Crippen LogP contribution >= 0.6 is 0 Å². The molecule has 0 saturated carbocycles. The predicted octanol–water partition coefficient (Wildman–Crippen LogP) is 1.26. The first kappa shape index (κ1) is 56.0. The molecule has 22 nitrogen and oxygen atoms in total. The lowest BCUT2D eigenvalue weighted by Gasteiger charge is -2.28. The molecule has 5 aromatic rings. The molecule has 400 valence electrons. The third-order valence-electron chi connectivity index (χ3n) is 12.9. The molecule has 0 bridgehead atoms. The van der Waals surface area contributed by atoms with Gasteiger partial charge < -0.3 is 63.6 Å². The Morgan fingerprint density at radius 1 is 0.760 bits per heavy atom. The monoisotopic (exact) mass is 1030 g/mol. The molecular weight excluding hydrogens is 961 g/mol. The maximum absolute atomic E-state index is 14.9. The van der Waals surface area contributed by atoms with Crippen molar-refractivity contribution in [1.82, 2.24) is 62.8 Å². The molecule has 8 amide bonds. The fourth-order valence-corrected chi connectivity index (χ4v) is 8.89. The maximum Gasteiger partial charge on any atom is 0.243 e. The Labute approximate surface area is 434 Å². The summed E-state index contributed by atoms with van der Waals surface area (Å²) in [5, 5.41) is 35.5. The number of hydrogen-bond acceptors (Lipinski definition) is 10. The molecule has 6 rings (SSSR count). The summed E-state index contributed by atoms with van der Waals surface area (Å²) in [6.07, 6.45) is 6.91. The number of carbonyl (C=O) groups is 8. The summed E-state index contributed by atoms with van der Waals surface area (Å²) >= 11 is 0. The summed E-state index contributed by atoms with van der Waals surface area (Å²) in [7, 11) is 0. The van der Waals surface area contributed by atoms with Crippen molar-refractivity contribution in [1.29, 1.82) is 5.41 Å². The Morgan fingerprint density at radius 2 is 1.43 bits per heavy atom. The van der Waals surface area contributed by atoms with Gasteiger partial charge in [-0.05, 0) is 66.5 Å². The first-order valence-electron chi connectivity index (χ1n) is 25.6. The Hall–Kier alpha value is -8.30. The number of nitrogens with zero attached hydrogens (tertiary/aromatic N) is 1. The zero-order valence-corrected chi connectivity index (χ0v) is 42.4. The van der Waals surface area contributed by atoms with Crippen molar-refractivity contribution in [3.63, 3.8) is 0 Å². The number of carbonyl (C=O) groups excluding carboxylic acids is 8. The number of rotatable bonds is 16. The molecular formula is C53H70N14O8. The molecule has 2 aromatic heterocycles. The van der Waals surface area contributed by atoms with E-state index < -0.39 is 83.5 Å². The van der Waals surface area contributed by atoms with Crippen LogP contribution in [0.2, 0.25) is 0 Å². The third-order valence-corrected chi connectivity index (χ3v) is 12.9. The van der Waals surface area contributed by atoms with E-state index in [9.17, 15) is 38.4 Å². The molecule has 6 atom stereocenters. The summed E-state index contributed by atoms with van der Waals surface area (Å²) < 4.78 is 0. The Morgan fingerprint density at radius 3 is 2.15 bits per heavy atom. The molecule has 1 aliphatic heterocycles. The molecule has 0 aliphatic carbocycles. The van der Waals surface area contributed by atoms with E-state index in [-0.39, 0.29) is 77.0 Å². The van der Waals surface area contributed by atoms with Crippen LogP contribution in [0.25, 0.3) is 21.7 Å². The van der Waals surface area contributed by atoms with E-state index in [0.29, 0.717) is 30.5 Å². The highest BCUT2D eigenvalue weighted by molar-refractivity contribution is 5.98. The van der Waals surface area contributed by atoms with Crippen molar-refractivity contribution in [3.8, 4) is 0 Å². The van der Waals surface area contributed by atoms with Gasteiger partial charge in [-0.3, -0.25) is 43.8 Å². The van der Waals surface area contributed by atoms with Crippen LogP contribution in [0.15, 0.2) is 85.5 Å². The number of aromatic amines is 2. The molecule has 1 saturated heterocycles. The van der Waals surface area contributed by atoms with Gasteiger partial charge in [0.2, 0.25) is 47.3 Å². The summed E-state index contributed by atoms with van der Waals surface area (Å²) in [6, 6.07) is 13.2. The average Bonchev–Trinajstić information content (AvgIpc) is 4.07. The number of benzene rings is 3. The van der Waals surface area contributed by atoms with E-state index in [2.05, 4.69) is 62.8 Å². The molecule has 22 heteroatoms. The summed E-state index contributed by atoms with van der Waals surface area (Å²) in [5.74, 6) is -5.36. The van der Waals surface area contributed by atoms with Gasteiger partial charge >= 0.3 is 0 Å². The number of amides is 8. The number of H-pyrrole nitrogens is 2. The zero-order chi connectivity index (χ0) is 53.7. The van der Waals surface area contributed by atoms with Gasteiger partial charge in [0.15, 0.2) is 5.96 Å². The predicted molar refractivity (Wildman–Crippen MR) is 282 cm³/mol.